The van der Waals surface area contributed by atoms with Crippen molar-refractivity contribution < 1.29 is 0 Å². The molecule has 0 aliphatic rings. The highest BCUT2D eigenvalue weighted by atomic mass is 15.3. The summed E-state index contributed by atoms with van der Waals surface area (Å²) in [6, 6.07) is 0. The highest BCUT2D eigenvalue weighted by Crippen LogP contribution is 2.11. The second-order valence-electron chi connectivity index (χ2n) is 3.89. The summed E-state index contributed by atoms with van der Waals surface area (Å²) in [5.41, 5.74) is 0. The van der Waals surface area contributed by atoms with Gasteiger partial charge in [0.25, 0.3) is 0 Å². The summed E-state index contributed by atoms with van der Waals surface area (Å²) in [6.07, 6.45) is 1.81. The molecule has 0 fully saturated rings. The summed E-state index contributed by atoms with van der Waals surface area (Å²) < 4.78 is 2.13. The van der Waals surface area contributed by atoms with Crippen LogP contribution in [0.15, 0.2) is 6.33 Å². The SMILES string of the molecule is CC(C)Cn1cnnc1C(C)C. The van der Waals surface area contributed by atoms with Gasteiger partial charge >= 0.3 is 0 Å². The van der Waals surface area contributed by atoms with Gasteiger partial charge in [-0.05, 0) is 5.92 Å². The number of aromatic nitrogens is 3. The maximum absolute atomic E-state index is 4.08. The standard InChI is InChI=1S/C9H17N3/c1-7(2)5-12-6-10-11-9(12)8(3)4/h6-8H,5H2,1-4H3. The van der Waals surface area contributed by atoms with Crippen LogP contribution in [0, 0.1) is 5.92 Å². The van der Waals surface area contributed by atoms with Gasteiger partial charge in [0.1, 0.15) is 12.2 Å². The van der Waals surface area contributed by atoms with Crippen molar-refractivity contribution in [1.82, 2.24) is 14.8 Å². The van der Waals surface area contributed by atoms with Crippen molar-refractivity contribution in [1.29, 1.82) is 0 Å². The Morgan fingerprint density at radius 2 is 2.00 bits per heavy atom. The molecule has 0 atom stereocenters. The third-order valence-electron chi connectivity index (χ3n) is 1.72. The number of nitrogens with zero attached hydrogens (tertiary/aromatic N) is 3. The molecule has 1 aromatic rings. The molecule has 0 saturated carbocycles. The molecule has 0 bridgehead atoms. The van der Waals surface area contributed by atoms with Crippen LogP contribution in [-0.4, -0.2) is 14.8 Å². The quantitative estimate of drug-likeness (QED) is 0.690. The molecule has 12 heavy (non-hydrogen) atoms. The van der Waals surface area contributed by atoms with E-state index in [0.29, 0.717) is 11.8 Å². The molecule has 0 aliphatic carbocycles. The van der Waals surface area contributed by atoms with Gasteiger partial charge in [-0.25, -0.2) is 0 Å². The average molecular weight is 167 g/mol. The van der Waals surface area contributed by atoms with E-state index >= 15 is 0 Å². The zero-order valence-corrected chi connectivity index (χ0v) is 8.28. The molecular formula is C9H17N3. The highest BCUT2D eigenvalue weighted by molar-refractivity contribution is 4.92. The summed E-state index contributed by atoms with van der Waals surface area (Å²) in [4.78, 5) is 0. The van der Waals surface area contributed by atoms with Crippen molar-refractivity contribution in [3.63, 3.8) is 0 Å². The summed E-state index contributed by atoms with van der Waals surface area (Å²) >= 11 is 0. The summed E-state index contributed by atoms with van der Waals surface area (Å²) in [5.74, 6) is 2.20. The van der Waals surface area contributed by atoms with Crippen LogP contribution in [0.25, 0.3) is 0 Å². The fourth-order valence-corrected chi connectivity index (χ4v) is 1.25. The number of hydrogen-bond donors (Lipinski definition) is 0. The first kappa shape index (κ1) is 9.23. The molecule has 1 aromatic heterocycles. The van der Waals surface area contributed by atoms with Crippen LogP contribution in [0.2, 0.25) is 0 Å². The van der Waals surface area contributed by atoms with Gasteiger partial charge in [0, 0.05) is 12.5 Å². The number of rotatable bonds is 3. The second kappa shape index (κ2) is 3.70. The van der Waals surface area contributed by atoms with Crippen molar-refractivity contribution in [3.8, 4) is 0 Å². The van der Waals surface area contributed by atoms with Crippen LogP contribution in [0.4, 0.5) is 0 Å². The first-order valence-electron chi connectivity index (χ1n) is 4.49. The Labute approximate surface area is 73.8 Å². The lowest BCUT2D eigenvalue weighted by molar-refractivity contribution is 0.498. The lowest BCUT2D eigenvalue weighted by Crippen LogP contribution is -2.08. The van der Waals surface area contributed by atoms with Crippen LogP contribution in [0.5, 0.6) is 0 Å². The normalized spacial score (nSPS) is 11.5. The molecule has 0 spiro atoms. The van der Waals surface area contributed by atoms with Gasteiger partial charge in [-0.1, -0.05) is 27.7 Å². The molecule has 0 saturated heterocycles. The first-order chi connectivity index (χ1) is 5.61. The Hall–Kier alpha value is -0.860. The van der Waals surface area contributed by atoms with Crippen LogP contribution in [0.1, 0.15) is 39.4 Å². The van der Waals surface area contributed by atoms with Crippen molar-refractivity contribution in [3.05, 3.63) is 12.2 Å². The van der Waals surface area contributed by atoms with Crippen molar-refractivity contribution >= 4 is 0 Å². The summed E-state index contributed by atoms with van der Waals surface area (Å²) in [7, 11) is 0. The van der Waals surface area contributed by atoms with E-state index in [-0.39, 0.29) is 0 Å². The molecular weight excluding hydrogens is 150 g/mol. The fourth-order valence-electron chi connectivity index (χ4n) is 1.25. The van der Waals surface area contributed by atoms with E-state index in [4.69, 9.17) is 0 Å². The predicted molar refractivity (Wildman–Crippen MR) is 48.9 cm³/mol. The van der Waals surface area contributed by atoms with Gasteiger partial charge in [-0.15, -0.1) is 10.2 Å². The van der Waals surface area contributed by atoms with Gasteiger partial charge < -0.3 is 4.57 Å². The molecule has 1 heterocycles. The minimum Gasteiger partial charge on any atom is -0.317 e. The lowest BCUT2D eigenvalue weighted by atomic mass is 10.2. The highest BCUT2D eigenvalue weighted by Gasteiger charge is 2.08. The molecule has 0 aromatic carbocycles. The monoisotopic (exact) mass is 167 g/mol. The Morgan fingerprint density at radius 1 is 1.33 bits per heavy atom. The second-order valence-corrected chi connectivity index (χ2v) is 3.89. The largest absolute Gasteiger partial charge is 0.317 e. The smallest absolute Gasteiger partial charge is 0.135 e. The van der Waals surface area contributed by atoms with Crippen molar-refractivity contribution in [2.45, 2.75) is 40.2 Å². The van der Waals surface area contributed by atoms with E-state index in [1.54, 1.807) is 0 Å². The van der Waals surface area contributed by atoms with Gasteiger partial charge in [0.05, 0.1) is 0 Å². The zero-order valence-electron chi connectivity index (χ0n) is 8.28. The predicted octanol–water partition coefficient (Wildman–Crippen LogP) is 2.06. The van der Waals surface area contributed by atoms with E-state index < -0.39 is 0 Å². The molecule has 3 heteroatoms. The average Bonchev–Trinajstić information content (AvgIpc) is 2.33. The lowest BCUT2D eigenvalue weighted by Gasteiger charge is -2.10. The molecule has 0 aliphatic heterocycles. The zero-order chi connectivity index (χ0) is 9.14. The van der Waals surface area contributed by atoms with E-state index in [2.05, 4.69) is 42.5 Å². The van der Waals surface area contributed by atoms with Gasteiger partial charge in [0.2, 0.25) is 0 Å². The van der Waals surface area contributed by atoms with E-state index in [0.717, 1.165) is 12.4 Å². The Balaban J connectivity index is 2.77. The Kier molecular flexibility index (Phi) is 2.84. The van der Waals surface area contributed by atoms with Crippen LogP contribution in [-0.2, 0) is 6.54 Å². The summed E-state index contributed by atoms with van der Waals surface area (Å²) in [6.45, 7) is 9.69. The van der Waals surface area contributed by atoms with Crippen LogP contribution >= 0.6 is 0 Å². The van der Waals surface area contributed by atoms with Gasteiger partial charge in [-0.2, -0.15) is 0 Å². The van der Waals surface area contributed by atoms with Gasteiger partial charge in [-0.3, -0.25) is 0 Å². The molecule has 0 amide bonds. The fraction of sp³-hybridized carbons (Fsp3) is 0.778. The third-order valence-corrected chi connectivity index (χ3v) is 1.72. The van der Waals surface area contributed by atoms with E-state index in [1.165, 1.54) is 0 Å². The molecule has 0 N–H and O–H groups in total. The Bertz CT molecular complexity index is 238. The van der Waals surface area contributed by atoms with Crippen LogP contribution in [0.3, 0.4) is 0 Å². The van der Waals surface area contributed by atoms with Crippen LogP contribution < -0.4 is 0 Å². The summed E-state index contributed by atoms with van der Waals surface area (Å²) in [5, 5.41) is 7.99. The topological polar surface area (TPSA) is 30.7 Å². The minimum atomic E-state index is 0.464. The van der Waals surface area contributed by atoms with Crippen molar-refractivity contribution in [2.24, 2.45) is 5.92 Å². The molecule has 0 radical (unpaired) electrons. The maximum Gasteiger partial charge on any atom is 0.135 e. The first-order valence-corrected chi connectivity index (χ1v) is 4.49. The minimum absolute atomic E-state index is 0.464. The van der Waals surface area contributed by atoms with Gasteiger partial charge in [0.15, 0.2) is 0 Å². The van der Waals surface area contributed by atoms with E-state index in [9.17, 15) is 0 Å². The maximum atomic E-state index is 4.08. The number of hydrogen-bond acceptors (Lipinski definition) is 2. The molecule has 68 valence electrons. The third kappa shape index (κ3) is 2.06. The molecule has 0 unspecified atom stereocenters. The van der Waals surface area contributed by atoms with Crippen molar-refractivity contribution in [2.75, 3.05) is 0 Å². The Morgan fingerprint density at radius 3 is 2.50 bits per heavy atom. The molecule has 3 nitrogen and oxygen atoms in total. The van der Waals surface area contributed by atoms with E-state index in [1.807, 2.05) is 6.33 Å². The molecule has 1 rings (SSSR count).